The van der Waals surface area contributed by atoms with E-state index in [4.69, 9.17) is 4.74 Å². The van der Waals surface area contributed by atoms with Crippen molar-refractivity contribution < 1.29 is 14.5 Å². The number of carbonyl (C=O) groups is 1. The molecule has 1 heterocycles. The largest absolute Gasteiger partial charge is 0.496 e. The fourth-order valence-corrected chi connectivity index (χ4v) is 4.25. The first-order valence-corrected chi connectivity index (χ1v) is 10.9. The second-order valence-electron chi connectivity index (χ2n) is 6.91. The summed E-state index contributed by atoms with van der Waals surface area (Å²) in [5, 5.41) is 23.4. The van der Waals surface area contributed by atoms with E-state index in [1.165, 1.54) is 38.2 Å². The van der Waals surface area contributed by atoms with Crippen LogP contribution in [0.15, 0.2) is 23.4 Å². The predicted molar refractivity (Wildman–Crippen MR) is 110 cm³/mol. The van der Waals surface area contributed by atoms with Gasteiger partial charge in [-0.1, -0.05) is 24.6 Å². The molecule has 0 unspecified atom stereocenters. The molecule has 2 aromatic rings. The molecule has 3 rings (SSSR count). The Morgan fingerprint density at radius 2 is 2.14 bits per heavy atom. The number of carbonyl (C=O) groups excluding carboxylic acids is 1. The van der Waals surface area contributed by atoms with Gasteiger partial charge in [0.25, 0.3) is 11.6 Å². The van der Waals surface area contributed by atoms with Crippen molar-refractivity contribution in [1.82, 2.24) is 20.1 Å². The third-order valence-corrected chi connectivity index (χ3v) is 5.75. The summed E-state index contributed by atoms with van der Waals surface area (Å²) < 4.78 is 7.41. The number of aryl methyl sites for hydroxylation is 1. The molecular formula is C19H25N5O4S. The van der Waals surface area contributed by atoms with Gasteiger partial charge < -0.3 is 14.6 Å². The van der Waals surface area contributed by atoms with Gasteiger partial charge in [-0.25, -0.2) is 0 Å². The van der Waals surface area contributed by atoms with Gasteiger partial charge in [-0.3, -0.25) is 14.9 Å². The zero-order valence-corrected chi connectivity index (χ0v) is 17.4. The lowest BCUT2D eigenvalue weighted by atomic mass is 10.1. The number of hydrogen-bond donors (Lipinski definition) is 1. The summed E-state index contributed by atoms with van der Waals surface area (Å²) >= 11 is 1.60. The molecule has 1 aliphatic carbocycles. The summed E-state index contributed by atoms with van der Waals surface area (Å²) in [4.78, 5) is 22.9. The van der Waals surface area contributed by atoms with Gasteiger partial charge >= 0.3 is 0 Å². The summed E-state index contributed by atoms with van der Waals surface area (Å²) in [6.07, 6.45) is 8.18. The fraction of sp³-hybridized carbons (Fsp3) is 0.526. The average molecular weight is 420 g/mol. The Morgan fingerprint density at radius 3 is 2.79 bits per heavy atom. The zero-order chi connectivity index (χ0) is 20.8. The van der Waals surface area contributed by atoms with Crippen LogP contribution < -0.4 is 10.1 Å². The maximum absolute atomic E-state index is 12.5. The van der Waals surface area contributed by atoms with Crippen molar-refractivity contribution in [2.24, 2.45) is 0 Å². The van der Waals surface area contributed by atoms with Crippen LogP contribution in [0.2, 0.25) is 0 Å². The molecule has 1 fully saturated rings. The van der Waals surface area contributed by atoms with Crippen LogP contribution in [0, 0.1) is 10.1 Å². The Hall–Kier alpha value is -2.62. The summed E-state index contributed by atoms with van der Waals surface area (Å²) in [6.45, 7) is 0.427. The number of benzene rings is 1. The minimum atomic E-state index is -0.532. The highest BCUT2D eigenvalue weighted by atomic mass is 32.2. The van der Waals surface area contributed by atoms with Crippen molar-refractivity contribution in [2.75, 3.05) is 19.9 Å². The van der Waals surface area contributed by atoms with Crippen LogP contribution in [-0.2, 0) is 6.42 Å². The first kappa shape index (κ1) is 21.1. The van der Waals surface area contributed by atoms with Crippen molar-refractivity contribution in [1.29, 1.82) is 0 Å². The molecule has 1 saturated carbocycles. The summed E-state index contributed by atoms with van der Waals surface area (Å²) in [5.41, 5.74) is 0.00528. The molecule has 1 amide bonds. The molecule has 0 aliphatic heterocycles. The van der Waals surface area contributed by atoms with Crippen molar-refractivity contribution in [2.45, 2.75) is 49.7 Å². The third kappa shape index (κ3) is 4.87. The molecule has 0 saturated heterocycles. The predicted octanol–water partition coefficient (Wildman–Crippen LogP) is 3.39. The zero-order valence-electron chi connectivity index (χ0n) is 16.6. The summed E-state index contributed by atoms with van der Waals surface area (Å²) in [6, 6.07) is 4.44. The lowest BCUT2D eigenvalue weighted by molar-refractivity contribution is -0.384. The molecular weight excluding hydrogens is 394 g/mol. The number of amides is 1. The van der Waals surface area contributed by atoms with E-state index in [2.05, 4.69) is 20.1 Å². The molecule has 0 bridgehead atoms. The fourth-order valence-electron chi connectivity index (χ4n) is 3.68. The number of nitrogens with one attached hydrogen (secondary N) is 1. The van der Waals surface area contributed by atoms with Gasteiger partial charge in [0.1, 0.15) is 11.6 Å². The van der Waals surface area contributed by atoms with Crippen LogP contribution in [-0.4, -0.2) is 45.5 Å². The van der Waals surface area contributed by atoms with E-state index in [1.807, 2.05) is 6.26 Å². The molecule has 1 N–H and O–H groups in total. The molecule has 1 aromatic heterocycles. The Bertz CT molecular complexity index is 879. The number of non-ortho nitro benzene ring substituents is 1. The maximum atomic E-state index is 12.5. The van der Waals surface area contributed by atoms with E-state index in [0.29, 0.717) is 31.2 Å². The Labute approximate surface area is 173 Å². The van der Waals surface area contributed by atoms with E-state index in [9.17, 15) is 14.9 Å². The highest BCUT2D eigenvalue weighted by molar-refractivity contribution is 7.98. The highest BCUT2D eigenvalue weighted by Gasteiger charge is 2.23. The second kappa shape index (κ2) is 9.73. The number of ether oxygens (including phenoxy) is 1. The number of methoxy groups -OCH3 is 1. The van der Waals surface area contributed by atoms with E-state index in [-0.39, 0.29) is 11.3 Å². The van der Waals surface area contributed by atoms with Crippen LogP contribution in [0.4, 0.5) is 5.69 Å². The maximum Gasteiger partial charge on any atom is 0.270 e. The van der Waals surface area contributed by atoms with Gasteiger partial charge in [0.05, 0.1) is 17.6 Å². The van der Waals surface area contributed by atoms with E-state index < -0.39 is 10.8 Å². The van der Waals surface area contributed by atoms with Crippen LogP contribution in [0.3, 0.4) is 0 Å². The molecule has 1 aromatic carbocycles. The van der Waals surface area contributed by atoms with E-state index in [1.54, 1.807) is 11.8 Å². The molecule has 1 aliphatic rings. The van der Waals surface area contributed by atoms with Crippen LogP contribution in [0.1, 0.15) is 54.3 Å². The topological polar surface area (TPSA) is 112 Å². The van der Waals surface area contributed by atoms with Gasteiger partial charge in [-0.15, -0.1) is 10.2 Å². The number of nitrogens with zero attached hydrogens (tertiary/aromatic N) is 4. The molecule has 0 radical (unpaired) electrons. The van der Waals surface area contributed by atoms with Crippen molar-refractivity contribution in [3.05, 3.63) is 39.7 Å². The first-order valence-electron chi connectivity index (χ1n) is 9.63. The number of aromatic nitrogens is 3. The van der Waals surface area contributed by atoms with Gasteiger partial charge in [0.15, 0.2) is 5.16 Å². The number of nitro benzene ring substituents is 1. The van der Waals surface area contributed by atoms with Crippen LogP contribution in [0.25, 0.3) is 0 Å². The van der Waals surface area contributed by atoms with Crippen molar-refractivity contribution >= 4 is 23.4 Å². The lowest BCUT2D eigenvalue weighted by Crippen LogP contribution is -2.25. The van der Waals surface area contributed by atoms with Gasteiger partial charge in [-0.05, 0) is 31.6 Å². The first-order chi connectivity index (χ1) is 14.0. The van der Waals surface area contributed by atoms with Crippen LogP contribution >= 0.6 is 11.8 Å². The number of rotatable bonds is 9. The molecule has 29 heavy (non-hydrogen) atoms. The Kier molecular flexibility index (Phi) is 7.08. The normalized spacial score (nSPS) is 14.1. The highest BCUT2D eigenvalue weighted by Crippen LogP contribution is 2.33. The standard InChI is InChI=1S/C19H25N5O4S/c1-28-16-10-9-14(24(26)27)12-15(16)18(25)20-11-5-8-17-21-22-19(29-2)23(17)13-6-3-4-7-13/h9-10,12-13H,3-8,11H2,1-2H3,(H,20,25). The van der Waals surface area contributed by atoms with Crippen LogP contribution in [0.5, 0.6) is 5.75 Å². The quantitative estimate of drug-likeness (QED) is 0.287. The molecule has 0 spiro atoms. The Morgan fingerprint density at radius 1 is 1.38 bits per heavy atom. The molecule has 0 atom stereocenters. The van der Waals surface area contributed by atoms with Crippen molar-refractivity contribution in [3.63, 3.8) is 0 Å². The number of nitro groups is 1. The Balaban J connectivity index is 1.60. The number of hydrogen-bond acceptors (Lipinski definition) is 7. The molecule has 9 nitrogen and oxygen atoms in total. The van der Waals surface area contributed by atoms with Gasteiger partial charge in [-0.2, -0.15) is 0 Å². The average Bonchev–Trinajstić information content (AvgIpc) is 3.39. The van der Waals surface area contributed by atoms with Gasteiger partial charge in [0.2, 0.25) is 0 Å². The smallest absolute Gasteiger partial charge is 0.270 e. The van der Waals surface area contributed by atoms with E-state index >= 15 is 0 Å². The molecule has 10 heteroatoms. The monoisotopic (exact) mass is 419 g/mol. The summed E-state index contributed by atoms with van der Waals surface area (Å²) in [7, 11) is 1.43. The van der Waals surface area contributed by atoms with Gasteiger partial charge in [0, 0.05) is 31.1 Å². The minimum Gasteiger partial charge on any atom is -0.496 e. The number of thioether (sulfide) groups is 1. The molecule has 156 valence electrons. The van der Waals surface area contributed by atoms with Crippen molar-refractivity contribution in [3.8, 4) is 5.75 Å². The summed E-state index contributed by atoms with van der Waals surface area (Å²) in [5.74, 6) is 0.856. The third-order valence-electron chi connectivity index (χ3n) is 5.11. The minimum absolute atomic E-state index is 0.148. The SMILES string of the molecule is COc1ccc([N+](=O)[O-])cc1C(=O)NCCCc1nnc(SC)n1C1CCCC1. The lowest BCUT2D eigenvalue weighted by Gasteiger charge is -2.16. The van der Waals surface area contributed by atoms with E-state index in [0.717, 1.165) is 23.8 Å². The second-order valence-corrected chi connectivity index (χ2v) is 7.69.